The van der Waals surface area contributed by atoms with E-state index in [1.165, 1.54) is 0 Å². The molecule has 406 valence electrons. The van der Waals surface area contributed by atoms with E-state index in [4.69, 9.17) is 18.5 Å². The van der Waals surface area contributed by atoms with Gasteiger partial charge >= 0.3 is 11.9 Å². The second-order valence-electron chi connectivity index (χ2n) is 18.8. The summed E-state index contributed by atoms with van der Waals surface area (Å²) in [7, 11) is 1.11. The maximum absolute atomic E-state index is 12.8. The molecule has 0 heterocycles. The van der Waals surface area contributed by atoms with Crippen molar-refractivity contribution in [2.45, 2.75) is 187 Å². The number of likely N-dealkylation sites (N-methyl/N-ethyl adjacent to an activating group) is 1. The summed E-state index contributed by atoms with van der Waals surface area (Å²) in [6, 6.07) is 0. The lowest BCUT2D eigenvalue weighted by atomic mass is 10.1. The van der Waals surface area contributed by atoms with Crippen LogP contribution in [-0.4, -0.2) is 70.0 Å². The van der Waals surface area contributed by atoms with E-state index in [9.17, 15) is 19.0 Å². The van der Waals surface area contributed by atoms with Crippen molar-refractivity contribution in [2.24, 2.45) is 0 Å². The third kappa shape index (κ3) is 55.2. The molecule has 10 heteroatoms. The molecule has 0 saturated carbocycles. The average molecular weight is 1020 g/mol. The van der Waals surface area contributed by atoms with Crippen LogP contribution in [-0.2, 0) is 32.7 Å². The van der Waals surface area contributed by atoms with E-state index in [-0.39, 0.29) is 26.1 Å². The number of esters is 2. The van der Waals surface area contributed by atoms with Gasteiger partial charge in [-0.15, -0.1) is 0 Å². The molecular formula is C62H100NO8P. The molecule has 0 aromatic carbocycles. The Morgan fingerprint density at radius 2 is 0.750 bits per heavy atom. The van der Waals surface area contributed by atoms with Gasteiger partial charge in [-0.25, -0.2) is 0 Å². The fourth-order valence-corrected chi connectivity index (χ4v) is 7.39. The molecule has 0 aliphatic heterocycles. The summed E-state index contributed by atoms with van der Waals surface area (Å²) in [6.45, 7) is 3.93. The van der Waals surface area contributed by atoms with Gasteiger partial charge in [0, 0.05) is 12.8 Å². The van der Waals surface area contributed by atoms with Gasteiger partial charge in [-0.2, -0.15) is 0 Å². The molecule has 0 radical (unpaired) electrons. The first-order valence-electron chi connectivity index (χ1n) is 27.5. The highest BCUT2D eigenvalue weighted by atomic mass is 31.2. The summed E-state index contributed by atoms with van der Waals surface area (Å²) in [5.41, 5.74) is 0. The number of rotatable bonds is 48. The van der Waals surface area contributed by atoms with Crippen molar-refractivity contribution >= 4 is 19.8 Å². The molecule has 2 atom stereocenters. The van der Waals surface area contributed by atoms with Gasteiger partial charge in [-0.1, -0.05) is 198 Å². The summed E-state index contributed by atoms with van der Waals surface area (Å²) in [5.74, 6) is -0.893. The van der Waals surface area contributed by atoms with Gasteiger partial charge in [-0.3, -0.25) is 14.2 Å². The van der Waals surface area contributed by atoms with Gasteiger partial charge in [0.25, 0.3) is 7.82 Å². The average Bonchev–Trinajstić information content (AvgIpc) is 3.34. The Kier molecular flexibility index (Phi) is 48.8. The van der Waals surface area contributed by atoms with Crippen LogP contribution in [0.3, 0.4) is 0 Å². The van der Waals surface area contributed by atoms with E-state index in [1.54, 1.807) is 0 Å². The first-order valence-corrected chi connectivity index (χ1v) is 29.0. The number of phosphoric ester groups is 1. The maximum atomic E-state index is 12.8. The van der Waals surface area contributed by atoms with Crippen molar-refractivity contribution in [3.8, 4) is 0 Å². The zero-order chi connectivity index (χ0) is 52.7. The van der Waals surface area contributed by atoms with Gasteiger partial charge in [0.05, 0.1) is 27.7 Å². The highest BCUT2D eigenvalue weighted by molar-refractivity contribution is 7.45. The Labute approximate surface area is 440 Å². The molecule has 72 heavy (non-hydrogen) atoms. The number of carbonyl (C=O) groups excluding carboxylic acids is 2. The lowest BCUT2D eigenvalue weighted by Crippen LogP contribution is -2.37. The van der Waals surface area contributed by atoms with Crippen molar-refractivity contribution < 1.29 is 42.1 Å². The smallest absolute Gasteiger partial charge is 0.306 e. The lowest BCUT2D eigenvalue weighted by molar-refractivity contribution is -0.870. The number of carbonyl (C=O) groups is 2. The van der Waals surface area contributed by atoms with Crippen LogP contribution in [0.25, 0.3) is 0 Å². The van der Waals surface area contributed by atoms with Crippen LogP contribution < -0.4 is 4.89 Å². The largest absolute Gasteiger partial charge is 0.756 e. The molecule has 0 aliphatic rings. The number of nitrogens with zero attached hydrogens (tertiary/aromatic N) is 1. The molecule has 0 amide bonds. The summed E-state index contributed by atoms with van der Waals surface area (Å²) < 4.78 is 34.0. The molecule has 2 unspecified atom stereocenters. The minimum atomic E-state index is -4.66. The van der Waals surface area contributed by atoms with E-state index in [2.05, 4.69) is 160 Å². The van der Waals surface area contributed by atoms with Gasteiger partial charge in [0.15, 0.2) is 6.10 Å². The first kappa shape index (κ1) is 67.9. The third-order valence-corrected chi connectivity index (χ3v) is 11.8. The van der Waals surface area contributed by atoms with E-state index >= 15 is 0 Å². The van der Waals surface area contributed by atoms with E-state index in [0.717, 1.165) is 141 Å². The van der Waals surface area contributed by atoms with Gasteiger partial charge in [-0.05, 0) is 116 Å². The third-order valence-electron chi connectivity index (χ3n) is 10.9. The van der Waals surface area contributed by atoms with Crippen molar-refractivity contribution in [1.82, 2.24) is 0 Å². The van der Waals surface area contributed by atoms with Crippen LogP contribution in [0.2, 0.25) is 0 Å². The molecule has 0 saturated heterocycles. The minimum Gasteiger partial charge on any atom is -0.756 e. The number of ether oxygens (including phenoxy) is 2. The van der Waals surface area contributed by atoms with Crippen LogP contribution >= 0.6 is 7.82 Å². The van der Waals surface area contributed by atoms with E-state index in [0.29, 0.717) is 23.9 Å². The van der Waals surface area contributed by atoms with Crippen LogP contribution in [0, 0.1) is 0 Å². The topological polar surface area (TPSA) is 111 Å². The highest BCUT2D eigenvalue weighted by Crippen LogP contribution is 2.38. The normalized spacial score (nSPS) is 14.5. The quantitative estimate of drug-likeness (QED) is 0.0195. The Hall–Kier alpha value is -4.11. The number of unbranched alkanes of at least 4 members (excludes halogenated alkanes) is 10. The maximum Gasteiger partial charge on any atom is 0.306 e. The van der Waals surface area contributed by atoms with E-state index < -0.39 is 32.5 Å². The SMILES string of the molecule is CC/C=C\C/C=C\C/C=C\C/C=C\C/C=C\C/C=C\C/C=C\C/C=C\CCCCCCCCC(=O)OC(COC(=O)CCCCCC/C=C\C/C=C\C/C=C\C/C=C\CC)COP(=O)([O-])OCC[N+](C)(C)C. The van der Waals surface area contributed by atoms with Gasteiger partial charge in [0.2, 0.25) is 0 Å². The van der Waals surface area contributed by atoms with Gasteiger partial charge < -0.3 is 27.9 Å². The second kappa shape index (κ2) is 51.8. The molecule has 0 aliphatic carbocycles. The Bertz CT molecular complexity index is 1720. The standard InChI is InChI=1S/C62H100NO8P/c1-6-8-10-12-14-16-18-20-22-24-25-26-27-28-29-30-31-32-33-34-35-36-37-39-41-43-45-47-49-51-53-55-62(65)71-60(59-70-72(66,67)69-57-56-63(3,4)5)58-68-61(64)54-52-50-48-46-44-42-40-38-23-21-19-17-15-13-11-9-7-2/h8-11,14-17,20-23,25-26,28-29,31-32,34-35,37,39-40,42,60H,6-7,12-13,18-19,24,27,30,33,36,38,41,43-59H2,1-5H3/b10-8-,11-9-,16-14-,17-15-,22-20-,23-21-,26-25-,29-28-,32-31-,35-34-,39-37-,42-40-. The Morgan fingerprint density at radius 1 is 0.431 bits per heavy atom. The number of hydrogen-bond donors (Lipinski definition) is 0. The summed E-state index contributed by atoms with van der Waals surface area (Å²) >= 11 is 0. The monoisotopic (exact) mass is 1020 g/mol. The summed E-state index contributed by atoms with van der Waals surface area (Å²) in [5, 5.41) is 0. The second-order valence-corrected chi connectivity index (χ2v) is 20.2. The molecular weight excluding hydrogens is 918 g/mol. The minimum absolute atomic E-state index is 0.0473. The van der Waals surface area contributed by atoms with Crippen LogP contribution in [0.1, 0.15) is 181 Å². The lowest BCUT2D eigenvalue weighted by Gasteiger charge is -2.28. The number of phosphoric acid groups is 1. The zero-order valence-electron chi connectivity index (χ0n) is 45.8. The summed E-state index contributed by atoms with van der Waals surface area (Å²) in [6.07, 6.45) is 76.0. The Morgan fingerprint density at radius 3 is 1.11 bits per heavy atom. The van der Waals surface area contributed by atoms with Gasteiger partial charge in [0.1, 0.15) is 19.8 Å². The number of quaternary nitrogens is 1. The van der Waals surface area contributed by atoms with Crippen molar-refractivity contribution in [2.75, 3.05) is 47.5 Å². The van der Waals surface area contributed by atoms with Crippen molar-refractivity contribution in [3.63, 3.8) is 0 Å². The van der Waals surface area contributed by atoms with Crippen LogP contribution in [0.5, 0.6) is 0 Å². The predicted octanol–water partition coefficient (Wildman–Crippen LogP) is 16.5. The number of allylic oxidation sites excluding steroid dienone is 24. The van der Waals surface area contributed by atoms with Crippen molar-refractivity contribution in [3.05, 3.63) is 146 Å². The molecule has 0 N–H and O–H groups in total. The zero-order valence-corrected chi connectivity index (χ0v) is 46.7. The number of hydrogen-bond acceptors (Lipinski definition) is 8. The molecule has 9 nitrogen and oxygen atoms in total. The molecule has 0 aromatic rings. The highest BCUT2D eigenvalue weighted by Gasteiger charge is 2.21. The predicted molar refractivity (Wildman–Crippen MR) is 304 cm³/mol. The molecule has 0 bridgehead atoms. The van der Waals surface area contributed by atoms with Crippen molar-refractivity contribution in [1.29, 1.82) is 0 Å². The first-order chi connectivity index (χ1) is 35.0. The molecule has 0 fully saturated rings. The fraction of sp³-hybridized carbons (Fsp3) is 0.581. The molecule has 0 spiro atoms. The fourth-order valence-electron chi connectivity index (χ4n) is 6.66. The summed E-state index contributed by atoms with van der Waals surface area (Å²) in [4.78, 5) is 37.8. The Balaban J connectivity index is 4.30. The molecule has 0 aromatic heterocycles. The molecule has 0 rings (SSSR count). The van der Waals surface area contributed by atoms with Crippen LogP contribution in [0.4, 0.5) is 0 Å². The van der Waals surface area contributed by atoms with Crippen LogP contribution in [0.15, 0.2) is 146 Å². The van der Waals surface area contributed by atoms with E-state index in [1.807, 2.05) is 21.1 Å².